The van der Waals surface area contributed by atoms with Gasteiger partial charge in [-0.25, -0.2) is 28.0 Å². The summed E-state index contributed by atoms with van der Waals surface area (Å²) in [6.45, 7) is 13.6. The number of pyridine rings is 4. The largest absolute Gasteiger partial charge is 0.490 e. The van der Waals surface area contributed by atoms with Crippen LogP contribution in [-0.4, -0.2) is 78.2 Å². The summed E-state index contributed by atoms with van der Waals surface area (Å²) in [7, 11) is 0. The van der Waals surface area contributed by atoms with Crippen LogP contribution in [-0.2, 0) is 73.9 Å². The minimum absolute atomic E-state index is 0.00160. The Bertz CT molecular complexity index is 5580. The molecule has 6 aliphatic rings. The van der Waals surface area contributed by atoms with E-state index in [1.54, 1.807) is 101 Å². The zero-order valence-corrected chi connectivity index (χ0v) is 65.5. The van der Waals surface area contributed by atoms with Crippen molar-refractivity contribution in [3.63, 3.8) is 0 Å². The third-order valence-electron chi connectivity index (χ3n) is 21.8. The number of urea groups is 4. The third-order valence-corrected chi connectivity index (χ3v) is 22.0. The van der Waals surface area contributed by atoms with Gasteiger partial charge < -0.3 is 49.0 Å². The number of ether oxygens (including phenoxy) is 2. The summed E-state index contributed by atoms with van der Waals surface area (Å²) >= 11 is 5.94. The lowest BCUT2D eigenvalue weighted by Gasteiger charge is -2.29. The van der Waals surface area contributed by atoms with Crippen LogP contribution in [0.1, 0.15) is 136 Å². The lowest BCUT2D eigenvalue weighted by atomic mass is 9.87. The van der Waals surface area contributed by atoms with Crippen molar-refractivity contribution in [3.05, 3.63) is 300 Å². The lowest BCUT2D eigenvalue weighted by Crippen LogP contribution is -2.50. The summed E-state index contributed by atoms with van der Waals surface area (Å²) in [5.74, 6) is -3.00. The Labute approximate surface area is 665 Å². The molecule has 2 aliphatic carbocycles. The topological polar surface area (TPSA) is 339 Å². The Kier molecular flexibility index (Phi) is 24.2. The molecule has 2 saturated carbocycles. The van der Waals surface area contributed by atoms with E-state index < -0.39 is 87.1 Å². The molecule has 12 amide bonds. The van der Waals surface area contributed by atoms with Crippen LogP contribution in [0.3, 0.4) is 0 Å². The van der Waals surface area contributed by atoms with Gasteiger partial charge in [0.1, 0.15) is 11.5 Å². The van der Waals surface area contributed by atoms with Crippen LogP contribution < -0.4 is 74.2 Å². The Morgan fingerprint density at radius 1 is 0.365 bits per heavy atom. The number of aryl methyl sites for hydroxylation is 8. The number of imide groups is 4. The van der Waals surface area contributed by atoms with Crippen LogP contribution in [0.2, 0.25) is 5.02 Å². The first-order valence-corrected chi connectivity index (χ1v) is 38.2. The Morgan fingerprint density at radius 3 is 1.11 bits per heavy atom. The monoisotopic (exact) mass is 1590 g/mol. The molecule has 15 rings (SSSR count). The molecule has 29 heteroatoms. The fourth-order valence-corrected chi connectivity index (χ4v) is 15.5. The minimum Gasteiger partial charge on any atom is -0.490 e. The van der Waals surface area contributed by atoms with Crippen molar-refractivity contribution < 1.29 is 56.6 Å². The number of carbonyl (C=O) groups excluding carboxylic acids is 8. The van der Waals surface area contributed by atoms with Crippen molar-refractivity contribution >= 4 is 59.4 Å². The van der Waals surface area contributed by atoms with E-state index in [0.717, 1.165) is 65.0 Å². The molecule has 9 aromatic rings. The van der Waals surface area contributed by atoms with Crippen molar-refractivity contribution in [1.82, 2.24) is 60.8 Å². The number of benzene rings is 5. The average Bonchev–Trinajstić information content (AvgIpc) is 1.66. The summed E-state index contributed by atoms with van der Waals surface area (Å²) < 4.78 is 46.6. The molecule has 8 heterocycles. The van der Waals surface area contributed by atoms with Crippen LogP contribution in [0.5, 0.6) is 11.5 Å². The summed E-state index contributed by atoms with van der Waals surface area (Å²) in [5.41, 5.74) is 1.58. The molecule has 4 unspecified atom stereocenters. The molecule has 26 nitrogen and oxygen atoms in total. The van der Waals surface area contributed by atoms with Gasteiger partial charge >= 0.3 is 24.1 Å². The van der Waals surface area contributed by atoms with Crippen LogP contribution in [0.15, 0.2) is 183 Å². The van der Waals surface area contributed by atoms with E-state index in [1.807, 2.05) is 98.9 Å². The number of aromatic nitrogens is 4. The quantitative estimate of drug-likeness (QED) is 0.0371. The first kappa shape index (κ1) is 81.9. The van der Waals surface area contributed by atoms with E-state index in [1.165, 1.54) is 75.6 Å². The molecule has 4 atom stereocenters. The number of amides is 12. The van der Waals surface area contributed by atoms with Gasteiger partial charge in [0.2, 0.25) is 0 Å². The third kappa shape index (κ3) is 17.3. The van der Waals surface area contributed by atoms with Crippen LogP contribution in [0, 0.1) is 67.0 Å². The van der Waals surface area contributed by atoms with Crippen LogP contribution >= 0.6 is 11.6 Å². The molecule has 115 heavy (non-hydrogen) atoms. The number of rotatable bonds is 18. The predicted molar refractivity (Wildman–Crippen MR) is 424 cm³/mol. The van der Waals surface area contributed by atoms with Crippen molar-refractivity contribution in [3.8, 4) is 11.5 Å². The Balaban J connectivity index is 0.000000142. The molecule has 0 spiro atoms. The van der Waals surface area contributed by atoms with Gasteiger partial charge in [-0.1, -0.05) is 96.9 Å². The van der Waals surface area contributed by atoms with E-state index in [0.29, 0.717) is 50.4 Å². The Morgan fingerprint density at radius 2 is 0.713 bits per heavy atom. The molecular formula is C86H89ClF2N12O14. The van der Waals surface area contributed by atoms with Gasteiger partial charge in [-0.2, -0.15) is 0 Å². The summed E-state index contributed by atoms with van der Waals surface area (Å²) in [6, 6.07) is 38.0. The molecule has 0 bridgehead atoms. The first-order chi connectivity index (χ1) is 54.8. The molecule has 8 N–H and O–H groups in total. The zero-order chi connectivity index (χ0) is 82.4. The fourth-order valence-electron chi connectivity index (χ4n) is 15.4. The van der Waals surface area contributed by atoms with Crippen molar-refractivity contribution in [2.75, 3.05) is 0 Å². The molecule has 4 aliphatic heterocycles. The SMILES string of the molecule is Cc1cc(C2(Cn3cccc(C)c3=O)NC(=O)NC2=O)cc(C)c1OC1CCCC1.Cc1cc(C2(Cn3cccc(C)c3=O)NC(=O)NC2=O)ccc1OC1CCCCC1.Cc1ccc(C2(Cn3cccc(C)c3=O)NC(=O)NC2=O)c(F)c1F.Cc1cccn(CC2(c3ccc(Cc4ccc(Cl)cc4)cc3)NC(=O)NC2=O)c1=O. The van der Waals surface area contributed by atoms with Gasteiger partial charge in [0.15, 0.2) is 33.8 Å². The van der Waals surface area contributed by atoms with Crippen molar-refractivity contribution in [2.45, 2.75) is 180 Å². The second-order valence-electron chi connectivity index (χ2n) is 30.1. The molecule has 4 saturated heterocycles. The van der Waals surface area contributed by atoms with E-state index >= 15 is 0 Å². The number of nitrogens with zero attached hydrogens (tertiary/aromatic N) is 4. The standard InChI is InChI=1S/C23H20ClN3O3.2C23H27N3O4.C17H15F2N3O3/c1-15-3-2-12-27(20(15)28)14-23(21(29)25-22(30)26-23)18-8-4-16(5-9-18)13-17-6-10-19(24)11-7-17;1-14-7-6-10-26(20(14)27)13-23(21(28)24-22(29)25-23)17-11-15(2)19(16(3)12-17)30-18-8-4-5-9-18;1-15-7-6-12-26(20(15)27)14-23(21(28)24-22(29)25-23)17-10-11-19(16(2)13-17)30-18-8-4-3-5-9-18;1-9-5-6-11(13(19)12(9)18)17(15(24)20-16(25)21-17)8-22-7-3-4-10(2)14(22)23/h2-12H,13-14H2,1H3,(H2,25,26,29,30);6-7,10-12,18H,4-5,8-9,13H2,1-3H3,(H2,24,25,28,29);6-7,10-13,18H,3-5,8-9,14H2,1-2H3,(H2,24,25,28,29);3-7H,8H2,1-2H3,(H2,20,21,24,25). The molecule has 0 radical (unpaired) electrons. The second-order valence-corrected chi connectivity index (χ2v) is 30.6. The van der Waals surface area contributed by atoms with Crippen LogP contribution in [0.25, 0.3) is 0 Å². The highest BCUT2D eigenvalue weighted by Gasteiger charge is 2.53. The minimum atomic E-state index is -1.92. The maximum Gasteiger partial charge on any atom is 0.322 e. The molecular weight excluding hydrogens is 1500 g/mol. The normalized spacial score (nSPS) is 20.4. The highest BCUT2D eigenvalue weighted by atomic mass is 35.5. The number of carbonyl (C=O) groups is 8. The smallest absolute Gasteiger partial charge is 0.322 e. The predicted octanol–water partition coefficient (Wildman–Crippen LogP) is 10.4. The van der Waals surface area contributed by atoms with Gasteiger partial charge in [0.05, 0.1) is 38.4 Å². The van der Waals surface area contributed by atoms with Gasteiger partial charge in [-0.15, -0.1) is 0 Å². The van der Waals surface area contributed by atoms with Crippen LogP contribution in [0.4, 0.5) is 28.0 Å². The highest BCUT2D eigenvalue weighted by Crippen LogP contribution is 2.38. The highest BCUT2D eigenvalue weighted by molar-refractivity contribution is 6.30. The number of halogens is 3. The first-order valence-electron chi connectivity index (χ1n) is 37.9. The van der Waals surface area contributed by atoms with E-state index in [4.69, 9.17) is 21.1 Å². The maximum absolute atomic E-state index is 14.5. The maximum atomic E-state index is 14.5. The Hall–Kier alpha value is -12.6. The summed E-state index contributed by atoms with van der Waals surface area (Å²) in [4.78, 5) is 149. The van der Waals surface area contributed by atoms with Gasteiger partial charge in [-0.05, 0) is 224 Å². The average molecular weight is 1590 g/mol. The van der Waals surface area contributed by atoms with E-state index in [9.17, 15) is 66.3 Å². The second kappa shape index (κ2) is 34.0. The van der Waals surface area contributed by atoms with Gasteiger partial charge in [0.25, 0.3) is 45.9 Å². The van der Waals surface area contributed by atoms with Gasteiger partial charge in [-0.3, -0.25) is 59.6 Å². The number of hydrogen-bond acceptors (Lipinski definition) is 14. The molecule has 598 valence electrons. The van der Waals surface area contributed by atoms with E-state index in [-0.39, 0.29) is 66.2 Å². The number of nitrogens with one attached hydrogen (secondary N) is 8. The van der Waals surface area contributed by atoms with Crippen molar-refractivity contribution in [2.24, 2.45) is 0 Å². The summed E-state index contributed by atoms with van der Waals surface area (Å²) in [6.07, 6.45) is 17.6. The number of hydrogen-bond donors (Lipinski definition) is 8. The zero-order valence-electron chi connectivity index (χ0n) is 64.8. The van der Waals surface area contributed by atoms with Gasteiger partial charge in [0, 0.05) is 57.6 Å². The molecule has 4 aromatic heterocycles. The summed E-state index contributed by atoms with van der Waals surface area (Å²) in [5, 5.41) is 20.3. The molecule has 6 fully saturated rings. The van der Waals surface area contributed by atoms with Crippen molar-refractivity contribution in [1.29, 1.82) is 0 Å². The lowest BCUT2D eigenvalue weighted by molar-refractivity contribution is -0.125. The fraction of sp³-hybridized carbons (Fsp3) is 0.326. The van der Waals surface area contributed by atoms with E-state index in [2.05, 4.69) is 37.2 Å². The molecule has 5 aromatic carbocycles.